The fourth-order valence-electron chi connectivity index (χ4n) is 2.30. The van der Waals surface area contributed by atoms with E-state index in [9.17, 15) is 5.11 Å². The van der Waals surface area contributed by atoms with Gasteiger partial charge in [0.2, 0.25) is 0 Å². The molecule has 0 saturated heterocycles. The maximum Gasteiger partial charge on any atom is 0.0748 e. The molecule has 0 aromatic rings. The number of rotatable bonds is 1. The highest BCUT2D eigenvalue weighted by Crippen LogP contribution is 2.38. The molecule has 2 heteroatoms. The molecule has 0 aromatic heterocycles. The van der Waals surface area contributed by atoms with Gasteiger partial charge >= 0.3 is 0 Å². The number of aliphatic hydroxyl groups excluding tert-OH is 1. The summed E-state index contributed by atoms with van der Waals surface area (Å²) in [5, 5.41) is 10.2. The monoisotopic (exact) mass is 185 g/mol. The fraction of sp³-hybridized carbons (Fsp3) is 1.00. The summed E-state index contributed by atoms with van der Waals surface area (Å²) in [4.78, 5) is 2.17. The maximum absolute atomic E-state index is 10.2. The van der Waals surface area contributed by atoms with E-state index in [1.807, 2.05) is 0 Å². The van der Waals surface area contributed by atoms with Gasteiger partial charge in [-0.2, -0.15) is 0 Å². The average Bonchev–Trinajstić information content (AvgIpc) is 2.08. The molecule has 1 N–H and O–H groups in total. The minimum atomic E-state index is -0.189. The first-order valence-corrected chi connectivity index (χ1v) is 5.25. The highest BCUT2D eigenvalue weighted by molar-refractivity contribution is 4.98. The largest absolute Gasteiger partial charge is 0.391 e. The van der Waals surface area contributed by atoms with Crippen LogP contribution in [-0.2, 0) is 0 Å². The van der Waals surface area contributed by atoms with Gasteiger partial charge in [-0.05, 0) is 45.7 Å². The molecule has 0 heterocycles. The van der Waals surface area contributed by atoms with Crippen LogP contribution in [0.15, 0.2) is 0 Å². The van der Waals surface area contributed by atoms with Gasteiger partial charge in [0.1, 0.15) is 0 Å². The summed E-state index contributed by atoms with van der Waals surface area (Å²) in [7, 11) is 4.12. The van der Waals surface area contributed by atoms with Crippen LogP contribution in [0.2, 0.25) is 0 Å². The normalized spacial score (nSPS) is 46.8. The van der Waals surface area contributed by atoms with Gasteiger partial charge in [0.15, 0.2) is 0 Å². The van der Waals surface area contributed by atoms with Crippen LogP contribution in [0.1, 0.15) is 33.6 Å². The molecule has 1 fully saturated rings. The molecule has 0 amide bonds. The van der Waals surface area contributed by atoms with Gasteiger partial charge in [0.05, 0.1) is 6.10 Å². The molecule has 0 aromatic carbocycles. The third kappa shape index (κ3) is 1.75. The SMILES string of the molecule is CC1CCC(C)(N(C)C)C(O)C1C. The Labute approximate surface area is 81.9 Å². The number of aliphatic hydroxyl groups is 1. The second-order valence-corrected chi connectivity index (χ2v) is 5.07. The summed E-state index contributed by atoms with van der Waals surface area (Å²) >= 11 is 0. The molecule has 0 radical (unpaired) electrons. The van der Waals surface area contributed by atoms with Crippen LogP contribution in [0.25, 0.3) is 0 Å². The van der Waals surface area contributed by atoms with E-state index in [0.717, 1.165) is 6.42 Å². The zero-order chi connectivity index (χ0) is 10.2. The molecule has 1 saturated carbocycles. The molecule has 1 aliphatic carbocycles. The molecule has 1 aliphatic rings. The van der Waals surface area contributed by atoms with E-state index in [1.54, 1.807) is 0 Å². The molecule has 2 nitrogen and oxygen atoms in total. The summed E-state index contributed by atoms with van der Waals surface area (Å²) in [6.07, 6.45) is 2.14. The summed E-state index contributed by atoms with van der Waals surface area (Å²) in [6, 6.07) is 0. The van der Waals surface area contributed by atoms with Crippen LogP contribution in [0, 0.1) is 11.8 Å². The molecular formula is C11H23NO. The standard InChI is InChI=1S/C11H23NO/c1-8-6-7-11(3,12(4)5)10(13)9(8)2/h8-10,13H,6-7H2,1-5H3. The number of nitrogens with zero attached hydrogens (tertiary/aromatic N) is 1. The van der Waals surface area contributed by atoms with Gasteiger partial charge in [-0.25, -0.2) is 0 Å². The molecular weight excluding hydrogens is 162 g/mol. The minimum absolute atomic E-state index is 0.0219. The number of likely N-dealkylation sites (N-methyl/N-ethyl adjacent to an activating group) is 1. The quantitative estimate of drug-likeness (QED) is 0.672. The predicted octanol–water partition coefficient (Wildman–Crippen LogP) is 1.73. The third-order valence-corrected chi connectivity index (χ3v) is 4.16. The lowest BCUT2D eigenvalue weighted by atomic mass is 9.69. The van der Waals surface area contributed by atoms with Crippen molar-refractivity contribution in [3.63, 3.8) is 0 Å². The van der Waals surface area contributed by atoms with Crippen molar-refractivity contribution in [2.45, 2.75) is 45.3 Å². The zero-order valence-electron chi connectivity index (χ0n) is 9.54. The molecule has 4 unspecified atom stereocenters. The Bertz CT molecular complexity index is 181. The van der Waals surface area contributed by atoms with E-state index >= 15 is 0 Å². The van der Waals surface area contributed by atoms with E-state index in [1.165, 1.54) is 6.42 Å². The zero-order valence-corrected chi connectivity index (χ0v) is 9.54. The second-order valence-electron chi connectivity index (χ2n) is 5.07. The Kier molecular flexibility index (Phi) is 3.03. The first-order chi connectivity index (χ1) is 5.89. The molecule has 13 heavy (non-hydrogen) atoms. The molecule has 0 bridgehead atoms. The Morgan fingerprint density at radius 1 is 1.31 bits per heavy atom. The smallest absolute Gasteiger partial charge is 0.0748 e. The minimum Gasteiger partial charge on any atom is -0.391 e. The van der Waals surface area contributed by atoms with Crippen molar-refractivity contribution in [2.75, 3.05) is 14.1 Å². The van der Waals surface area contributed by atoms with E-state index < -0.39 is 0 Å². The van der Waals surface area contributed by atoms with E-state index in [2.05, 4.69) is 39.8 Å². The lowest BCUT2D eigenvalue weighted by Crippen LogP contribution is -2.57. The van der Waals surface area contributed by atoms with Crippen LogP contribution in [0.5, 0.6) is 0 Å². The lowest BCUT2D eigenvalue weighted by Gasteiger charge is -2.48. The summed E-state index contributed by atoms with van der Waals surface area (Å²) in [5.41, 5.74) is -0.0219. The van der Waals surface area contributed by atoms with Gasteiger partial charge in [0.25, 0.3) is 0 Å². The Morgan fingerprint density at radius 3 is 2.31 bits per heavy atom. The summed E-state index contributed by atoms with van der Waals surface area (Å²) in [5.74, 6) is 1.07. The van der Waals surface area contributed by atoms with E-state index in [4.69, 9.17) is 0 Å². The number of hydrogen-bond acceptors (Lipinski definition) is 2. The summed E-state index contributed by atoms with van der Waals surface area (Å²) < 4.78 is 0. The van der Waals surface area contributed by atoms with Crippen molar-refractivity contribution >= 4 is 0 Å². The van der Waals surface area contributed by atoms with Gasteiger partial charge in [-0.15, -0.1) is 0 Å². The first-order valence-electron chi connectivity index (χ1n) is 5.25. The fourth-order valence-corrected chi connectivity index (χ4v) is 2.30. The summed E-state index contributed by atoms with van der Waals surface area (Å²) in [6.45, 7) is 6.57. The van der Waals surface area contributed by atoms with E-state index in [0.29, 0.717) is 11.8 Å². The van der Waals surface area contributed by atoms with Crippen LogP contribution in [0.4, 0.5) is 0 Å². The number of hydrogen-bond donors (Lipinski definition) is 1. The lowest BCUT2D eigenvalue weighted by molar-refractivity contribution is -0.0737. The van der Waals surface area contributed by atoms with Crippen LogP contribution < -0.4 is 0 Å². The molecule has 0 spiro atoms. The van der Waals surface area contributed by atoms with Crippen molar-refractivity contribution in [3.05, 3.63) is 0 Å². The predicted molar refractivity (Wildman–Crippen MR) is 55.7 cm³/mol. The third-order valence-electron chi connectivity index (χ3n) is 4.16. The maximum atomic E-state index is 10.2. The van der Waals surface area contributed by atoms with Crippen molar-refractivity contribution in [2.24, 2.45) is 11.8 Å². The second kappa shape index (κ2) is 3.58. The molecule has 78 valence electrons. The van der Waals surface area contributed by atoms with Gasteiger partial charge < -0.3 is 10.0 Å². The molecule has 4 atom stereocenters. The van der Waals surface area contributed by atoms with Crippen LogP contribution in [-0.4, -0.2) is 35.7 Å². The Balaban J connectivity index is 2.79. The van der Waals surface area contributed by atoms with Gasteiger partial charge in [0, 0.05) is 5.54 Å². The van der Waals surface area contributed by atoms with Crippen molar-refractivity contribution in [1.82, 2.24) is 4.90 Å². The van der Waals surface area contributed by atoms with Gasteiger partial charge in [-0.1, -0.05) is 13.8 Å². The topological polar surface area (TPSA) is 23.5 Å². The van der Waals surface area contributed by atoms with Crippen molar-refractivity contribution in [3.8, 4) is 0 Å². The van der Waals surface area contributed by atoms with E-state index in [-0.39, 0.29) is 11.6 Å². The highest BCUT2D eigenvalue weighted by atomic mass is 16.3. The average molecular weight is 185 g/mol. The Hall–Kier alpha value is -0.0800. The highest BCUT2D eigenvalue weighted by Gasteiger charge is 2.43. The van der Waals surface area contributed by atoms with Crippen molar-refractivity contribution < 1.29 is 5.11 Å². The first kappa shape index (κ1) is 11.0. The molecule has 0 aliphatic heterocycles. The van der Waals surface area contributed by atoms with Crippen LogP contribution >= 0.6 is 0 Å². The van der Waals surface area contributed by atoms with Crippen molar-refractivity contribution in [1.29, 1.82) is 0 Å². The van der Waals surface area contributed by atoms with Gasteiger partial charge in [-0.3, -0.25) is 0 Å². The Morgan fingerprint density at radius 2 is 1.85 bits per heavy atom. The molecule has 1 rings (SSSR count). The van der Waals surface area contributed by atoms with Crippen LogP contribution in [0.3, 0.4) is 0 Å².